The first-order chi connectivity index (χ1) is 16.2. The number of anilines is 1. The Morgan fingerprint density at radius 2 is 1.88 bits per heavy atom. The fourth-order valence-electron chi connectivity index (χ4n) is 3.67. The summed E-state index contributed by atoms with van der Waals surface area (Å²) in [4.78, 5) is 6.69. The number of fused-ring (bicyclic) bond motifs is 1. The monoisotopic (exact) mass is 463 g/mol. The van der Waals surface area contributed by atoms with Crippen LogP contribution < -0.4 is 10.6 Å². The van der Waals surface area contributed by atoms with Crippen molar-refractivity contribution in [1.82, 2.24) is 30.2 Å². The fraction of sp³-hybridized carbons (Fsp3) is 0.320. The van der Waals surface area contributed by atoms with Crippen molar-refractivity contribution in [1.29, 1.82) is 0 Å². The highest BCUT2D eigenvalue weighted by Gasteiger charge is 2.05. The number of pyridine rings is 1. The minimum atomic E-state index is 0.703. The fourth-order valence-corrected chi connectivity index (χ4v) is 3.84. The van der Waals surface area contributed by atoms with E-state index in [1.54, 1.807) is 0 Å². The Morgan fingerprint density at radius 1 is 1.03 bits per heavy atom. The van der Waals surface area contributed by atoms with Gasteiger partial charge >= 0.3 is 0 Å². The molecule has 172 valence electrons. The summed E-state index contributed by atoms with van der Waals surface area (Å²) in [5.74, 6) is 0. The Labute approximate surface area is 199 Å². The summed E-state index contributed by atoms with van der Waals surface area (Å²) in [6.07, 6.45) is 4.79. The molecule has 2 N–H and O–H groups in total. The van der Waals surface area contributed by atoms with Crippen molar-refractivity contribution in [3.05, 3.63) is 83.3 Å². The van der Waals surface area contributed by atoms with E-state index in [4.69, 9.17) is 11.6 Å². The molecule has 8 heteroatoms. The SMILES string of the molecule is CN(CCNCc1cn(CCc2ccccc2)nn1)CCNc1ccnc2cc(Cl)ccc12. The average molecular weight is 464 g/mol. The van der Waals surface area contributed by atoms with Crippen molar-refractivity contribution >= 4 is 28.2 Å². The molecule has 0 saturated carbocycles. The summed E-state index contributed by atoms with van der Waals surface area (Å²) >= 11 is 6.07. The topological polar surface area (TPSA) is 70.9 Å². The Hall–Kier alpha value is -3.00. The molecule has 0 atom stereocenters. The lowest BCUT2D eigenvalue weighted by molar-refractivity contribution is 0.343. The van der Waals surface area contributed by atoms with Gasteiger partial charge in [-0.25, -0.2) is 0 Å². The highest BCUT2D eigenvalue weighted by atomic mass is 35.5. The quantitative estimate of drug-likeness (QED) is 0.311. The number of hydrogen-bond donors (Lipinski definition) is 2. The predicted molar refractivity (Wildman–Crippen MR) is 135 cm³/mol. The minimum Gasteiger partial charge on any atom is -0.383 e. The van der Waals surface area contributed by atoms with Crippen LogP contribution in [0.25, 0.3) is 10.9 Å². The van der Waals surface area contributed by atoms with Crippen LogP contribution in [-0.4, -0.2) is 58.1 Å². The first-order valence-corrected chi connectivity index (χ1v) is 11.7. The molecule has 33 heavy (non-hydrogen) atoms. The van der Waals surface area contributed by atoms with Crippen LogP contribution in [0.2, 0.25) is 5.02 Å². The molecule has 0 radical (unpaired) electrons. The second-order valence-corrected chi connectivity index (χ2v) is 8.57. The number of likely N-dealkylation sites (N-methyl/N-ethyl adjacent to an activating group) is 1. The molecule has 0 amide bonds. The number of nitrogens with zero attached hydrogens (tertiary/aromatic N) is 5. The zero-order valence-electron chi connectivity index (χ0n) is 18.9. The molecule has 0 spiro atoms. The summed E-state index contributed by atoms with van der Waals surface area (Å²) < 4.78 is 1.92. The number of aromatic nitrogens is 4. The average Bonchev–Trinajstić information content (AvgIpc) is 3.29. The lowest BCUT2D eigenvalue weighted by Crippen LogP contribution is -2.32. The van der Waals surface area contributed by atoms with Crippen molar-refractivity contribution in [2.45, 2.75) is 19.5 Å². The molecule has 0 bridgehead atoms. The number of aryl methyl sites for hydroxylation is 2. The lowest BCUT2D eigenvalue weighted by Gasteiger charge is -2.18. The first-order valence-electron chi connectivity index (χ1n) is 11.3. The smallest absolute Gasteiger partial charge is 0.0964 e. The van der Waals surface area contributed by atoms with Crippen molar-refractivity contribution < 1.29 is 0 Å². The van der Waals surface area contributed by atoms with Gasteiger partial charge in [-0.2, -0.15) is 0 Å². The van der Waals surface area contributed by atoms with Gasteiger partial charge in [-0.15, -0.1) is 5.10 Å². The van der Waals surface area contributed by atoms with Gasteiger partial charge < -0.3 is 15.5 Å². The second-order valence-electron chi connectivity index (χ2n) is 8.14. The number of nitrogens with one attached hydrogen (secondary N) is 2. The predicted octanol–water partition coefficient (Wildman–Crippen LogP) is 3.86. The van der Waals surface area contributed by atoms with Crippen LogP contribution in [0.15, 0.2) is 67.0 Å². The van der Waals surface area contributed by atoms with E-state index in [-0.39, 0.29) is 0 Å². The summed E-state index contributed by atoms with van der Waals surface area (Å²) in [7, 11) is 2.13. The Kier molecular flexibility index (Phi) is 8.24. The molecule has 0 aliphatic heterocycles. The van der Waals surface area contributed by atoms with E-state index >= 15 is 0 Å². The molecular weight excluding hydrogens is 434 g/mol. The molecular formula is C25H30ClN7. The number of rotatable bonds is 12. The van der Waals surface area contributed by atoms with Gasteiger partial charge in [0.25, 0.3) is 0 Å². The van der Waals surface area contributed by atoms with Gasteiger partial charge in [0, 0.05) is 67.8 Å². The van der Waals surface area contributed by atoms with Crippen molar-refractivity contribution in [3.8, 4) is 0 Å². The van der Waals surface area contributed by atoms with E-state index < -0.39 is 0 Å². The van der Waals surface area contributed by atoms with E-state index in [1.165, 1.54) is 5.56 Å². The molecule has 0 saturated heterocycles. The molecule has 4 rings (SSSR count). The maximum atomic E-state index is 6.07. The second kappa shape index (κ2) is 11.7. The van der Waals surface area contributed by atoms with Gasteiger partial charge in [0.1, 0.15) is 0 Å². The van der Waals surface area contributed by atoms with Gasteiger partial charge in [-0.05, 0) is 43.3 Å². The van der Waals surface area contributed by atoms with Crippen LogP contribution in [-0.2, 0) is 19.5 Å². The standard InChI is InChI=1S/C25H30ClN7/c1-32(16-13-29-24-9-11-28-25-17-21(26)7-8-23(24)25)15-12-27-18-22-19-33(31-30-22)14-10-20-5-3-2-4-6-20/h2-9,11,17,19,27H,10,12-16,18H2,1H3,(H,28,29). The van der Waals surface area contributed by atoms with Crippen LogP contribution >= 0.6 is 11.6 Å². The van der Waals surface area contributed by atoms with Gasteiger partial charge in [0.2, 0.25) is 0 Å². The molecule has 0 unspecified atom stereocenters. The van der Waals surface area contributed by atoms with Gasteiger partial charge in [-0.3, -0.25) is 9.67 Å². The van der Waals surface area contributed by atoms with Crippen molar-refractivity contribution in [2.24, 2.45) is 0 Å². The van der Waals surface area contributed by atoms with E-state index in [0.29, 0.717) is 5.02 Å². The molecule has 0 aliphatic rings. The molecule has 2 aromatic carbocycles. The first kappa shape index (κ1) is 23.2. The summed E-state index contributed by atoms with van der Waals surface area (Å²) in [5.41, 5.74) is 4.27. The summed E-state index contributed by atoms with van der Waals surface area (Å²) in [6.45, 7) is 5.21. The summed E-state index contributed by atoms with van der Waals surface area (Å²) in [5, 5.41) is 17.3. The molecule has 0 fully saturated rings. The van der Waals surface area contributed by atoms with Crippen molar-refractivity contribution in [3.63, 3.8) is 0 Å². The Bertz CT molecular complexity index is 1150. The van der Waals surface area contributed by atoms with Crippen LogP contribution in [0.1, 0.15) is 11.3 Å². The molecule has 0 aliphatic carbocycles. The van der Waals surface area contributed by atoms with Gasteiger partial charge in [-0.1, -0.05) is 47.1 Å². The van der Waals surface area contributed by atoms with E-state index in [9.17, 15) is 0 Å². The number of benzene rings is 2. The maximum Gasteiger partial charge on any atom is 0.0964 e. The molecule has 2 heterocycles. The molecule has 4 aromatic rings. The summed E-state index contributed by atoms with van der Waals surface area (Å²) in [6, 6.07) is 18.3. The minimum absolute atomic E-state index is 0.703. The highest BCUT2D eigenvalue weighted by Crippen LogP contribution is 2.24. The third-order valence-electron chi connectivity index (χ3n) is 5.55. The molecule has 7 nitrogen and oxygen atoms in total. The van der Waals surface area contributed by atoms with Crippen LogP contribution in [0.4, 0.5) is 5.69 Å². The zero-order chi connectivity index (χ0) is 22.9. The lowest BCUT2D eigenvalue weighted by atomic mass is 10.1. The van der Waals surface area contributed by atoms with Gasteiger partial charge in [0.05, 0.1) is 11.2 Å². The van der Waals surface area contributed by atoms with Crippen molar-refractivity contribution in [2.75, 3.05) is 38.5 Å². The highest BCUT2D eigenvalue weighted by molar-refractivity contribution is 6.31. The molecule has 2 aromatic heterocycles. The number of hydrogen-bond acceptors (Lipinski definition) is 6. The third-order valence-corrected chi connectivity index (χ3v) is 5.78. The van der Waals surface area contributed by atoms with E-state index in [0.717, 1.165) is 68.0 Å². The Morgan fingerprint density at radius 3 is 2.76 bits per heavy atom. The largest absolute Gasteiger partial charge is 0.383 e. The van der Waals surface area contributed by atoms with E-state index in [1.807, 2.05) is 47.4 Å². The normalized spacial score (nSPS) is 11.4. The Balaban J connectivity index is 1.12. The third kappa shape index (κ3) is 6.99. The van der Waals surface area contributed by atoms with Crippen LogP contribution in [0.5, 0.6) is 0 Å². The maximum absolute atomic E-state index is 6.07. The van der Waals surface area contributed by atoms with Crippen LogP contribution in [0.3, 0.4) is 0 Å². The van der Waals surface area contributed by atoms with E-state index in [2.05, 4.69) is 62.1 Å². The number of halogens is 1. The van der Waals surface area contributed by atoms with Crippen LogP contribution in [0, 0.1) is 0 Å². The zero-order valence-corrected chi connectivity index (χ0v) is 19.7. The van der Waals surface area contributed by atoms with Gasteiger partial charge in [0.15, 0.2) is 0 Å².